The maximum Gasteiger partial charge on any atom is 0.165 e. The first-order chi connectivity index (χ1) is 7.25. The molecule has 0 saturated heterocycles. The molecule has 2 nitrogen and oxygen atoms in total. The number of hydrogen-bond donors (Lipinski definition) is 1. The molecule has 0 unspecified atom stereocenters. The first-order valence-corrected chi connectivity index (χ1v) is 5.24. The van der Waals surface area contributed by atoms with Crippen LogP contribution in [0.1, 0.15) is 0 Å². The van der Waals surface area contributed by atoms with Gasteiger partial charge in [0.25, 0.3) is 0 Å². The number of imidazole rings is 1. The van der Waals surface area contributed by atoms with Gasteiger partial charge in [0, 0.05) is 7.05 Å². The van der Waals surface area contributed by atoms with Gasteiger partial charge in [-0.15, -0.1) is 12.6 Å². The van der Waals surface area contributed by atoms with E-state index in [4.69, 9.17) is 0 Å². The SMILES string of the molecule is Cn1c(S)nc2cc3ccccc3cc21. The Morgan fingerprint density at radius 1 is 1.13 bits per heavy atom. The lowest BCUT2D eigenvalue weighted by Crippen LogP contribution is -1.86. The molecular weight excluding hydrogens is 204 g/mol. The average Bonchev–Trinajstić information content (AvgIpc) is 2.52. The van der Waals surface area contributed by atoms with Gasteiger partial charge in [-0.3, -0.25) is 0 Å². The Hall–Kier alpha value is -1.48. The van der Waals surface area contributed by atoms with Crippen LogP contribution in [0.5, 0.6) is 0 Å². The highest BCUT2D eigenvalue weighted by atomic mass is 32.1. The van der Waals surface area contributed by atoms with E-state index in [1.54, 1.807) is 0 Å². The number of nitrogens with zero attached hydrogens (tertiary/aromatic N) is 2. The van der Waals surface area contributed by atoms with Crippen LogP contribution in [0.25, 0.3) is 21.8 Å². The molecule has 0 radical (unpaired) electrons. The molecule has 2 aromatic carbocycles. The Balaban J connectivity index is 2.53. The van der Waals surface area contributed by atoms with Gasteiger partial charge in [-0.25, -0.2) is 4.98 Å². The minimum absolute atomic E-state index is 0.750. The van der Waals surface area contributed by atoms with Crippen LogP contribution >= 0.6 is 12.6 Å². The second-order valence-electron chi connectivity index (χ2n) is 3.66. The summed E-state index contributed by atoms with van der Waals surface area (Å²) in [7, 11) is 1.98. The Bertz CT molecular complexity index is 655. The van der Waals surface area contributed by atoms with Crippen LogP contribution in [-0.4, -0.2) is 9.55 Å². The Labute approximate surface area is 93.0 Å². The molecule has 0 fully saturated rings. The fourth-order valence-electron chi connectivity index (χ4n) is 1.86. The summed E-state index contributed by atoms with van der Waals surface area (Å²) in [6, 6.07) is 12.5. The van der Waals surface area contributed by atoms with Gasteiger partial charge in [-0.1, -0.05) is 24.3 Å². The second kappa shape index (κ2) is 3.00. The van der Waals surface area contributed by atoms with E-state index in [0.29, 0.717) is 0 Å². The van der Waals surface area contributed by atoms with Crippen molar-refractivity contribution in [3.8, 4) is 0 Å². The van der Waals surface area contributed by atoms with Crippen molar-refractivity contribution >= 4 is 34.4 Å². The predicted molar refractivity (Wildman–Crippen MR) is 65.5 cm³/mol. The van der Waals surface area contributed by atoms with Gasteiger partial charge < -0.3 is 4.57 Å². The molecule has 0 aliphatic heterocycles. The molecule has 15 heavy (non-hydrogen) atoms. The third kappa shape index (κ3) is 1.23. The molecule has 1 heterocycles. The Morgan fingerprint density at radius 2 is 1.80 bits per heavy atom. The molecule has 0 aliphatic rings. The summed E-state index contributed by atoms with van der Waals surface area (Å²) in [6.07, 6.45) is 0. The maximum absolute atomic E-state index is 4.39. The smallest absolute Gasteiger partial charge is 0.165 e. The van der Waals surface area contributed by atoms with Crippen molar-refractivity contribution in [2.24, 2.45) is 7.05 Å². The Kier molecular flexibility index (Phi) is 1.76. The van der Waals surface area contributed by atoms with E-state index in [1.807, 2.05) is 23.7 Å². The molecule has 3 aromatic rings. The summed E-state index contributed by atoms with van der Waals surface area (Å²) >= 11 is 4.31. The summed E-state index contributed by atoms with van der Waals surface area (Å²) in [5.74, 6) is 0. The maximum atomic E-state index is 4.39. The number of aryl methyl sites for hydroxylation is 1. The third-order valence-electron chi connectivity index (χ3n) is 2.72. The molecule has 0 spiro atoms. The average molecular weight is 214 g/mol. The van der Waals surface area contributed by atoms with Crippen molar-refractivity contribution in [3.05, 3.63) is 36.4 Å². The Morgan fingerprint density at radius 3 is 2.53 bits per heavy atom. The van der Waals surface area contributed by atoms with Crippen LogP contribution in [0.2, 0.25) is 0 Å². The zero-order chi connectivity index (χ0) is 10.4. The molecule has 3 heteroatoms. The molecule has 0 aliphatic carbocycles. The molecule has 0 bridgehead atoms. The highest BCUT2D eigenvalue weighted by Crippen LogP contribution is 2.23. The van der Waals surface area contributed by atoms with Crippen LogP contribution in [0, 0.1) is 0 Å². The van der Waals surface area contributed by atoms with Crippen molar-refractivity contribution in [3.63, 3.8) is 0 Å². The summed E-state index contributed by atoms with van der Waals surface area (Å²) in [5.41, 5.74) is 2.12. The summed E-state index contributed by atoms with van der Waals surface area (Å²) in [5, 5.41) is 3.21. The van der Waals surface area contributed by atoms with Gasteiger partial charge in [0.15, 0.2) is 5.16 Å². The molecule has 1 aromatic heterocycles. The van der Waals surface area contributed by atoms with E-state index in [2.05, 4.69) is 41.9 Å². The number of fused-ring (bicyclic) bond motifs is 2. The molecule has 0 atom stereocenters. The van der Waals surface area contributed by atoms with Crippen LogP contribution in [-0.2, 0) is 7.05 Å². The van der Waals surface area contributed by atoms with Crippen LogP contribution < -0.4 is 0 Å². The summed E-state index contributed by atoms with van der Waals surface area (Å²) in [6.45, 7) is 0. The van der Waals surface area contributed by atoms with Crippen molar-refractivity contribution < 1.29 is 0 Å². The van der Waals surface area contributed by atoms with E-state index >= 15 is 0 Å². The van der Waals surface area contributed by atoms with Crippen molar-refractivity contribution in [1.82, 2.24) is 9.55 Å². The van der Waals surface area contributed by atoms with Crippen LogP contribution in [0.15, 0.2) is 41.6 Å². The van der Waals surface area contributed by atoms with Gasteiger partial charge in [0.2, 0.25) is 0 Å². The van der Waals surface area contributed by atoms with Crippen LogP contribution in [0.3, 0.4) is 0 Å². The van der Waals surface area contributed by atoms with E-state index in [-0.39, 0.29) is 0 Å². The molecule has 0 N–H and O–H groups in total. The number of rotatable bonds is 0. The number of hydrogen-bond acceptors (Lipinski definition) is 2. The zero-order valence-corrected chi connectivity index (χ0v) is 9.20. The number of benzene rings is 2. The van der Waals surface area contributed by atoms with Crippen molar-refractivity contribution in [2.75, 3.05) is 0 Å². The standard InChI is InChI=1S/C12H10N2S/c1-14-11-7-9-5-3-2-4-8(9)6-10(11)13-12(14)15/h2-7H,1H3,(H,13,15). The van der Waals surface area contributed by atoms with Gasteiger partial charge in [0.1, 0.15) is 0 Å². The van der Waals surface area contributed by atoms with Gasteiger partial charge >= 0.3 is 0 Å². The second-order valence-corrected chi connectivity index (χ2v) is 4.06. The monoisotopic (exact) mass is 214 g/mol. The van der Waals surface area contributed by atoms with Crippen molar-refractivity contribution in [2.45, 2.75) is 5.16 Å². The lowest BCUT2D eigenvalue weighted by Gasteiger charge is -1.99. The minimum Gasteiger partial charge on any atom is -0.322 e. The zero-order valence-electron chi connectivity index (χ0n) is 8.31. The van der Waals surface area contributed by atoms with E-state index in [0.717, 1.165) is 16.2 Å². The predicted octanol–water partition coefficient (Wildman–Crippen LogP) is 3.02. The fraction of sp³-hybridized carbons (Fsp3) is 0.0833. The molecular formula is C12H10N2S. The number of thiol groups is 1. The lowest BCUT2D eigenvalue weighted by molar-refractivity contribution is 0.820. The summed E-state index contributed by atoms with van der Waals surface area (Å²) < 4.78 is 1.99. The molecule has 0 amide bonds. The normalized spacial score (nSPS) is 11.3. The first-order valence-electron chi connectivity index (χ1n) is 4.80. The van der Waals surface area contributed by atoms with Gasteiger partial charge in [-0.05, 0) is 22.9 Å². The van der Waals surface area contributed by atoms with E-state index in [9.17, 15) is 0 Å². The minimum atomic E-state index is 0.750. The molecule has 3 rings (SSSR count). The van der Waals surface area contributed by atoms with Crippen molar-refractivity contribution in [1.29, 1.82) is 0 Å². The molecule has 74 valence electrons. The topological polar surface area (TPSA) is 17.8 Å². The third-order valence-corrected chi connectivity index (χ3v) is 3.12. The van der Waals surface area contributed by atoms with E-state index in [1.165, 1.54) is 10.8 Å². The number of aromatic nitrogens is 2. The highest BCUT2D eigenvalue weighted by Gasteiger charge is 2.05. The quantitative estimate of drug-likeness (QED) is 0.569. The summed E-state index contributed by atoms with van der Waals surface area (Å²) in [4.78, 5) is 4.39. The first kappa shape index (κ1) is 8.80. The van der Waals surface area contributed by atoms with E-state index < -0.39 is 0 Å². The fourth-order valence-corrected chi connectivity index (χ4v) is 2.08. The lowest BCUT2D eigenvalue weighted by atomic mass is 10.1. The van der Waals surface area contributed by atoms with Gasteiger partial charge in [0.05, 0.1) is 11.0 Å². The highest BCUT2D eigenvalue weighted by molar-refractivity contribution is 7.80. The molecule has 0 saturated carbocycles. The van der Waals surface area contributed by atoms with Crippen LogP contribution in [0.4, 0.5) is 0 Å². The largest absolute Gasteiger partial charge is 0.322 e. The van der Waals surface area contributed by atoms with Gasteiger partial charge in [-0.2, -0.15) is 0 Å².